The fraction of sp³-hybridized carbons (Fsp3) is 0.368. The SMILES string of the molecule is CN(CC(=O)NC(C)(C)C)C(=O)COC(=O)c1cc(=O)[nH]c2ccccc12. The smallest absolute Gasteiger partial charge is 0.339 e. The molecule has 144 valence electrons. The minimum absolute atomic E-state index is 0.0790. The summed E-state index contributed by atoms with van der Waals surface area (Å²) in [4.78, 5) is 51.8. The minimum atomic E-state index is -0.779. The Bertz CT molecular complexity index is 927. The predicted molar refractivity (Wildman–Crippen MR) is 100 cm³/mol. The maximum Gasteiger partial charge on any atom is 0.339 e. The fourth-order valence-corrected chi connectivity index (χ4v) is 2.45. The van der Waals surface area contributed by atoms with E-state index >= 15 is 0 Å². The molecule has 1 aromatic heterocycles. The number of amides is 2. The second-order valence-corrected chi connectivity index (χ2v) is 7.22. The van der Waals surface area contributed by atoms with Gasteiger partial charge in [0.2, 0.25) is 11.5 Å². The van der Waals surface area contributed by atoms with Crippen molar-refractivity contribution in [2.24, 2.45) is 0 Å². The summed E-state index contributed by atoms with van der Waals surface area (Å²) in [5.41, 5.74) is -0.271. The number of H-pyrrole nitrogens is 1. The highest BCUT2D eigenvalue weighted by Gasteiger charge is 2.20. The first-order valence-corrected chi connectivity index (χ1v) is 8.41. The van der Waals surface area contributed by atoms with E-state index in [9.17, 15) is 19.2 Å². The van der Waals surface area contributed by atoms with Crippen molar-refractivity contribution in [3.8, 4) is 0 Å². The Morgan fingerprint density at radius 2 is 1.85 bits per heavy atom. The lowest BCUT2D eigenvalue weighted by Gasteiger charge is -2.23. The zero-order valence-electron chi connectivity index (χ0n) is 15.8. The molecule has 1 aromatic carbocycles. The van der Waals surface area contributed by atoms with Crippen molar-refractivity contribution in [2.75, 3.05) is 20.2 Å². The standard InChI is InChI=1S/C19H23N3O5/c1-19(2,3)21-16(24)10-22(4)17(25)11-27-18(26)13-9-15(23)20-14-8-6-5-7-12(13)14/h5-9H,10-11H2,1-4H3,(H,20,23)(H,21,24). The van der Waals surface area contributed by atoms with Crippen LogP contribution >= 0.6 is 0 Å². The number of benzene rings is 1. The summed E-state index contributed by atoms with van der Waals surface area (Å²) in [5.74, 6) is -1.62. The second-order valence-electron chi connectivity index (χ2n) is 7.22. The number of rotatable bonds is 5. The molecule has 0 fully saturated rings. The van der Waals surface area contributed by atoms with E-state index in [4.69, 9.17) is 4.74 Å². The first-order valence-electron chi connectivity index (χ1n) is 8.41. The van der Waals surface area contributed by atoms with Crippen molar-refractivity contribution in [3.05, 3.63) is 46.2 Å². The van der Waals surface area contributed by atoms with E-state index in [2.05, 4.69) is 10.3 Å². The largest absolute Gasteiger partial charge is 0.452 e. The molecule has 2 aromatic rings. The van der Waals surface area contributed by atoms with E-state index < -0.39 is 29.6 Å². The summed E-state index contributed by atoms with van der Waals surface area (Å²) in [6, 6.07) is 7.93. The highest BCUT2D eigenvalue weighted by Crippen LogP contribution is 2.15. The molecule has 0 spiro atoms. The zero-order chi connectivity index (χ0) is 20.2. The Labute approximate surface area is 156 Å². The van der Waals surface area contributed by atoms with Crippen LogP contribution < -0.4 is 10.9 Å². The normalized spacial score (nSPS) is 11.1. The van der Waals surface area contributed by atoms with Crippen molar-refractivity contribution in [2.45, 2.75) is 26.3 Å². The molecule has 0 aliphatic rings. The van der Waals surface area contributed by atoms with Gasteiger partial charge in [0.15, 0.2) is 6.61 Å². The number of nitrogens with one attached hydrogen (secondary N) is 2. The van der Waals surface area contributed by atoms with E-state index in [1.807, 2.05) is 20.8 Å². The average Bonchev–Trinajstić information content (AvgIpc) is 2.56. The molecule has 0 unspecified atom stereocenters. The molecule has 0 saturated carbocycles. The van der Waals surface area contributed by atoms with Crippen LogP contribution in [-0.2, 0) is 14.3 Å². The number of likely N-dealkylation sites (N-methyl/N-ethyl adjacent to an activating group) is 1. The molecular weight excluding hydrogens is 350 g/mol. The number of hydrogen-bond donors (Lipinski definition) is 2. The van der Waals surface area contributed by atoms with Gasteiger partial charge in [-0.3, -0.25) is 14.4 Å². The van der Waals surface area contributed by atoms with Gasteiger partial charge in [-0.1, -0.05) is 18.2 Å². The van der Waals surface area contributed by atoms with Crippen LogP contribution in [0, 0.1) is 0 Å². The van der Waals surface area contributed by atoms with Crippen LogP contribution in [0.2, 0.25) is 0 Å². The number of aromatic nitrogens is 1. The first-order chi connectivity index (χ1) is 12.6. The molecule has 2 N–H and O–H groups in total. The molecule has 1 heterocycles. The number of carbonyl (C=O) groups is 3. The lowest BCUT2D eigenvalue weighted by atomic mass is 10.1. The Kier molecular flexibility index (Phi) is 5.99. The molecule has 27 heavy (non-hydrogen) atoms. The van der Waals surface area contributed by atoms with Crippen LogP contribution in [0.4, 0.5) is 0 Å². The fourth-order valence-electron chi connectivity index (χ4n) is 2.45. The van der Waals surface area contributed by atoms with Crippen molar-refractivity contribution in [1.82, 2.24) is 15.2 Å². The van der Waals surface area contributed by atoms with Gasteiger partial charge in [-0.2, -0.15) is 0 Å². The third kappa shape index (κ3) is 5.67. The Balaban J connectivity index is 2.00. The highest BCUT2D eigenvalue weighted by molar-refractivity contribution is 6.03. The van der Waals surface area contributed by atoms with E-state index in [0.29, 0.717) is 10.9 Å². The minimum Gasteiger partial charge on any atom is -0.452 e. The topological polar surface area (TPSA) is 109 Å². The monoisotopic (exact) mass is 373 g/mol. The van der Waals surface area contributed by atoms with E-state index in [1.54, 1.807) is 24.3 Å². The van der Waals surface area contributed by atoms with Gasteiger partial charge in [0.05, 0.1) is 12.1 Å². The summed E-state index contributed by atoms with van der Waals surface area (Å²) in [6.45, 7) is 4.82. The quantitative estimate of drug-likeness (QED) is 0.762. The molecular formula is C19H23N3O5. The van der Waals surface area contributed by atoms with Gasteiger partial charge in [0.25, 0.3) is 5.91 Å². The molecule has 2 rings (SSSR count). The van der Waals surface area contributed by atoms with Crippen LogP contribution in [0.1, 0.15) is 31.1 Å². The van der Waals surface area contributed by atoms with E-state index in [1.165, 1.54) is 11.9 Å². The molecule has 0 aliphatic carbocycles. The van der Waals surface area contributed by atoms with Crippen LogP contribution in [0.15, 0.2) is 35.1 Å². The molecule has 2 amide bonds. The van der Waals surface area contributed by atoms with Gasteiger partial charge in [-0.05, 0) is 26.8 Å². The average molecular weight is 373 g/mol. The molecule has 0 saturated heterocycles. The number of hydrogen-bond acceptors (Lipinski definition) is 5. The second kappa shape index (κ2) is 8.03. The summed E-state index contributed by atoms with van der Waals surface area (Å²) in [7, 11) is 1.45. The van der Waals surface area contributed by atoms with Crippen molar-refractivity contribution in [3.63, 3.8) is 0 Å². The van der Waals surface area contributed by atoms with E-state index in [-0.39, 0.29) is 18.0 Å². The predicted octanol–water partition coefficient (Wildman–Crippen LogP) is 1.06. The first kappa shape index (κ1) is 20.2. The Hall–Kier alpha value is -3.16. The van der Waals surface area contributed by atoms with Crippen LogP contribution in [0.3, 0.4) is 0 Å². The molecule has 8 nitrogen and oxygen atoms in total. The third-order valence-corrected chi connectivity index (χ3v) is 3.62. The molecule has 8 heteroatoms. The Morgan fingerprint density at radius 3 is 2.52 bits per heavy atom. The van der Waals surface area contributed by atoms with Crippen LogP contribution in [0.25, 0.3) is 10.9 Å². The van der Waals surface area contributed by atoms with Gasteiger partial charge in [0.1, 0.15) is 0 Å². The molecule has 0 atom stereocenters. The van der Waals surface area contributed by atoms with Gasteiger partial charge >= 0.3 is 5.97 Å². The summed E-state index contributed by atoms with van der Waals surface area (Å²) < 4.78 is 5.04. The van der Waals surface area contributed by atoms with Crippen molar-refractivity contribution in [1.29, 1.82) is 0 Å². The van der Waals surface area contributed by atoms with Crippen LogP contribution in [-0.4, -0.2) is 53.4 Å². The lowest BCUT2D eigenvalue weighted by molar-refractivity contribution is -0.137. The highest BCUT2D eigenvalue weighted by atomic mass is 16.5. The zero-order valence-corrected chi connectivity index (χ0v) is 15.8. The van der Waals surface area contributed by atoms with Crippen molar-refractivity contribution >= 4 is 28.7 Å². The summed E-state index contributed by atoms with van der Waals surface area (Å²) in [6.07, 6.45) is 0. The number of fused-ring (bicyclic) bond motifs is 1. The number of aromatic amines is 1. The summed E-state index contributed by atoms with van der Waals surface area (Å²) >= 11 is 0. The molecule has 0 bridgehead atoms. The van der Waals surface area contributed by atoms with E-state index in [0.717, 1.165) is 6.07 Å². The number of para-hydroxylation sites is 1. The lowest BCUT2D eigenvalue weighted by Crippen LogP contribution is -2.46. The van der Waals surface area contributed by atoms with Crippen molar-refractivity contribution < 1.29 is 19.1 Å². The molecule has 0 aliphatic heterocycles. The third-order valence-electron chi connectivity index (χ3n) is 3.62. The number of esters is 1. The van der Waals surface area contributed by atoms with Gasteiger partial charge in [0, 0.05) is 29.6 Å². The van der Waals surface area contributed by atoms with Gasteiger partial charge in [-0.15, -0.1) is 0 Å². The summed E-state index contributed by atoms with van der Waals surface area (Å²) in [5, 5.41) is 3.26. The van der Waals surface area contributed by atoms with Crippen LogP contribution in [0.5, 0.6) is 0 Å². The maximum atomic E-state index is 12.3. The molecule has 0 radical (unpaired) electrons. The number of ether oxygens (including phenoxy) is 1. The van der Waals surface area contributed by atoms with Gasteiger partial charge in [-0.25, -0.2) is 4.79 Å². The number of pyridine rings is 1. The van der Waals surface area contributed by atoms with Gasteiger partial charge < -0.3 is 19.9 Å². The number of carbonyl (C=O) groups excluding carboxylic acids is 3. The Morgan fingerprint density at radius 1 is 1.19 bits per heavy atom. The maximum absolute atomic E-state index is 12.3. The number of nitrogens with zero attached hydrogens (tertiary/aromatic N) is 1.